The average molecular weight is 691 g/mol. The summed E-state index contributed by atoms with van der Waals surface area (Å²) in [6.45, 7) is 1.72. The van der Waals surface area contributed by atoms with Crippen LogP contribution in [0.5, 0.6) is 0 Å². The molecular formula is C32H43FN6O10. The van der Waals surface area contributed by atoms with Crippen LogP contribution in [0.2, 0.25) is 0 Å². The highest BCUT2D eigenvalue weighted by Crippen LogP contribution is 2.19. The lowest BCUT2D eigenvalue weighted by atomic mass is 10.0. The molecule has 0 fully saturated rings. The normalized spacial score (nSPS) is 13.3. The smallest absolute Gasteiger partial charge is 0.411 e. The van der Waals surface area contributed by atoms with E-state index in [0.29, 0.717) is 10.5 Å². The molecule has 0 bridgehead atoms. The number of hydrogen-bond donors (Lipinski definition) is 4. The van der Waals surface area contributed by atoms with Crippen LogP contribution in [0.1, 0.15) is 50.8 Å². The van der Waals surface area contributed by atoms with Crippen molar-refractivity contribution in [3.63, 3.8) is 0 Å². The molecule has 4 atom stereocenters. The van der Waals surface area contributed by atoms with Crippen molar-refractivity contribution in [2.45, 2.75) is 76.7 Å². The Balaban J connectivity index is 2.54. The number of rotatable bonds is 19. The third kappa shape index (κ3) is 13.1. The number of ether oxygens (including phenoxy) is 3. The Hall–Kier alpha value is -5.19. The largest absolute Gasteiger partial charge is 0.469 e. The Kier molecular flexibility index (Phi) is 16.5. The zero-order valence-electron chi connectivity index (χ0n) is 27.8. The summed E-state index contributed by atoms with van der Waals surface area (Å²) in [5.41, 5.74) is 6.75. The van der Waals surface area contributed by atoms with Crippen LogP contribution in [0.25, 0.3) is 0 Å². The molecule has 0 saturated carbocycles. The number of nitrogens with one attached hydrogen (secondary N) is 3. The maximum atomic E-state index is 14.0. The zero-order valence-corrected chi connectivity index (χ0v) is 27.8. The summed E-state index contributed by atoms with van der Waals surface area (Å²) in [7, 11) is 2.15. The van der Waals surface area contributed by atoms with Crippen LogP contribution in [0.4, 0.5) is 9.18 Å². The molecule has 2 rings (SSSR count). The summed E-state index contributed by atoms with van der Waals surface area (Å²) in [5, 5.41) is 4.56. The van der Waals surface area contributed by atoms with Crippen molar-refractivity contribution in [2.75, 3.05) is 20.9 Å². The van der Waals surface area contributed by atoms with Crippen molar-refractivity contribution in [3.8, 4) is 0 Å². The molecule has 5 N–H and O–H groups in total. The van der Waals surface area contributed by atoms with Crippen LogP contribution in [0, 0.1) is 5.92 Å². The molecule has 0 unspecified atom stereocenters. The standard InChI is InChI=1S/C32H43FN6O10/c1-19(2)12-22(34)29(43)37-23(10-11-27(41)47-3)30(44)38-31(45)25(13-21-16-35-18-36-21)39(24(26(40)15-33)14-28(42)48-4)32(46)49-17-20-8-6-5-7-9-20/h5-9,16,18-19,22-25H,10-15,17,34H2,1-4H3,(H,35,36)(H,37,43)(H,38,44,45)/t22-,23-,24-,25-/m0/s1. The maximum Gasteiger partial charge on any atom is 0.411 e. The van der Waals surface area contributed by atoms with Gasteiger partial charge in [-0.05, 0) is 24.3 Å². The third-order valence-electron chi connectivity index (χ3n) is 7.26. The molecule has 1 aromatic carbocycles. The van der Waals surface area contributed by atoms with Crippen molar-refractivity contribution >= 4 is 41.5 Å². The lowest BCUT2D eigenvalue weighted by Gasteiger charge is -2.35. The summed E-state index contributed by atoms with van der Waals surface area (Å²) in [6, 6.07) is 2.18. The van der Waals surface area contributed by atoms with E-state index >= 15 is 0 Å². The maximum absolute atomic E-state index is 14.0. The number of aromatic nitrogens is 2. The van der Waals surface area contributed by atoms with Crippen LogP contribution in [0.3, 0.4) is 0 Å². The number of benzene rings is 1. The van der Waals surface area contributed by atoms with E-state index in [1.54, 1.807) is 30.3 Å². The van der Waals surface area contributed by atoms with Gasteiger partial charge in [-0.2, -0.15) is 0 Å². The van der Waals surface area contributed by atoms with Gasteiger partial charge in [0.05, 0.1) is 33.0 Å². The second-order valence-corrected chi connectivity index (χ2v) is 11.4. The number of amides is 4. The van der Waals surface area contributed by atoms with Crippen molar-refractivity contribution in [2.24, 2.45) is 11.7 Å². The fourth-order valence-corrected chi connectivity index (χ4v) is 4.70. The Bertz CT molecular complexity index is 1420. The highest BCUT2D eigenvalue weighted by atomic mass is 19.1. The van der Waals surface area contributed by atoms with Crippen LogP contribution < -0.4 is 16.4 Å². The van der Waals surface area contributed by atoms with Gasteiger partial charge >= 0.3 is 18.0 Å². The summed E-state index contributed by atoms with van der Waals surface area (Å²) in [6.07, 6.45) is -0.354. The lowest BCUT2D eigenvalue weighted by molar-refractivity contribution is -0.146. The number of esters is 2. The first-order chi connectivity index (χ1) is 23.3. The Morgan fingerprint density at radius 2 is 1.63 bits per heavy atom. The number of carbonyl (C=O) groups excluding carboxylic acids is 7. The topological polar surface area (TPSA) is 229 Å². The van der Waals surface area contributed by atoms with Crippen molar-refractivity contribution in [1.29, 1.82) is 0 Å². The molecule has 0 aliphatic carbocycles. The van der Waals surface area contributed by atoms with Gasteiger partial charge in [-0.1, -0.05) is 44.2 Å². The van der Waals surface area contributed by atoms with Gasteiger partial charge in [0.1, 0.15) is 31.4 Å². The number of Topliss-reactive ketones (excluding diaryl/α,β-unsaturated/α-hetero) is 1. The number of hydrogen-bond acceptors (Lipinski definition) is 12. The Morgan fingerprint density at radius 1 is 0.959 bits per heavy atom. The number of alkyl halides is 1. The number of carbonyl (C=O) groups is 7. The monoisotopic (exact) mass is 690 g/mol. The summed E-state index contributed by atoms with van der Waals surface area (Å²) in [4.78, 5) is 98.5. The minimum absolute atomic E-state index is 0.0329. The van der Waals surface area contributed by atoms with E-state index in [2.05, 4.69) is 30.1 Å². The molecule has 0 spiro atoms. The molecule has 268 valence electrons. The van der Waals surface area contributed by atoms with E-state index in [9.17, 15) is 38.0 Å². The van der Waals surface area contributed by atoms with E-state index in [1.807, 2.05) is 13.8 Å². The highest BCUT2D eigenvalue weighted by molar-refractivity contribution is 6.03. The molecule has 0 saturated heterocycles. The molecule has 0 radical (unpaired) electrons. The zero-order chi connectivity index (χ0) is 36.5. The van der Waals surface area contributed by atoms with Gasteiger partial charge in [0.25, 0.3) is 0 Å². The second-order valence-electron chi connectivity index (χ2n) is 11.4. The number of methoxy groups -OCH3 is 2. The minimum Gasteiger partial charge on any atom is -0.469 e. The van der Waals surface area contributed by atoms with Gasteiger partial charge in [-0.3, -0.25) is 39.0 Å². The first kappa shape index (κ1) is 40.0. The van der Waals surface area contributed by atoms with Gasteiger partial charge in [0.2, 0.25) is 17.7 Å². The van der Waals surface area contributed by atoms with Crippen LogP contribution in [0.15, 0.2) is 42.9 Å². The number of nitrogens with two attached hydrogens (primary N) is 1. The molecule has 0 aliphatic rings. The van der Waals surface area contributed by atoms with Crippen molar-refractivity contribution in [1.82, 2.24) is 25.5 Å². The molecule has 17 heteroatoms. The van der Waals surface area contributed by atoms with Gasteiger partial charge in [-0.25, -0.2) is 14.2 Å². The number of imide groups is 1. The van der Waals surface area contributed by atoms with Crippen molar-refractivity contribution in [3.05, 3.63) is 54.1 Å². The Morgan fingerprint density at radius 3 is 2.20 bits per heavy atom. The lowest BCUT2D eigenvalue weighted by Crippen LogP contribution is -2.60. The van der Waals surface area contributed by atoms with Gasteiger partial charge in [0.15, 0.2) is 5.78 Å². The first-order valence-electron chi connectivity index (χ1n) is 15.4. The number of aromatic amines is 1. The molecule has 16 nitrogen and oxygen atoms in total. The number of nitrogens with zero attached hydrogens (tertiary/aromatic N) is 2. The van der Waals surface area contributed by atoms with E-state index in [-0.39, 0.29) is 37.5 Å². The van der Waals surface area contributed by atoms with Crippen LogP contribution in [-0.4, -0.2) is 101 Å². The number of halogens is 1. The number of H-pyrrole nitrogens is 1. The molecular weight excluding hydrogens is 647 g/mol. The fourth-order valence-electron chi connectivity index (χ4n) is 4.70. The number of ketones is 1. The quantitative estimate of drug-likeness (QED) is 0.119. The molecule has 4 amide bonds. The highest BCUT2D eigenvalue weighted by Gasteiger charge is 2.42. The van der Waals surface area contributed by atoms with E-state index < -0.39 is 85.2 Å². The Labute approximate surface area is 282 Å². The predicted molar refractivity (Wildman–Crippen MR) is 170 cm³/mol. The van der Waals surface area contributed by atoms with Crippen LogP contribution >= 0.6 is 0 Å². The molecule has 49 heavy (non-hydrogen) atoms. The van der Waals surface area contributed by atoms with E-state index in [1.165, 1.54) is 12.5 Å². The van der Waals surface area contributed by atoms with Gasteiger partial charge in [-0.15, -0.1) is 0 Å². The molecule has 0 aliphatic heterocycles. The average Bonchev–Trinajstić information content (AvgIpc) is 3.60. The SMILES string of the molecule is COC(=O)CC[C@H](NC(=O)[C@@H](N)CC(C)C)C(=O)NC(=O)[C@H](Cc1cnc[nH]1)N(C(=O)OCc1ccccc1)[C@@H](CC(=O)OC)C(=O)CF. The summed E-state index contributed by atoms with van der Waals surface area (Å²) in [5.74, 6) is -5.94. The van der Waals surface area contributed by atoms with Gasteiger partial charge in [0, 0.05) is 24.7 Å². The minimum atomic E-state index is -1.90. The first-order valence-corrected chi connectivity index (χ1v) is 15.4. The van der Waals surface area contributed by atoms with E-state index in [0.717, 1.165) is 14.2 Å². The molecule has 1 heterocycles. The van der Waals surface area contributed by atoms with Crippen LogP contribution in [-0.2, 0) is 56.0 Å². The predicted octanol–water partition coefficient (Wildman–Crippen LogP) is 0.884. The summed E-state index contributed by atoms with van der Waals surface area (Å²) < 4.78 is 28.6. The fraction of sp³-hybridized carbons (Fsp3) is 0.500. The number of imidazole rings is 1. The third-order valence-corrected chi connectivity index (χ3v) is 7.26. The van der Waals surface area contributed by atoms with Crippen molar-refractivity contribution < 1.29 is 52.2 Å². The molecule has 2 aromatic rings. The second kappa shape index (κ2) is 20.2. The van der Waals surface area contributed by atoms with Gasteiger partial charge < -0.3 is 30.2 Å². The van der Waals surface area contributed by atoms with E-state index in [4.69, 9.17) is 10.5 Å². The summed E-state index contributed by atoms with van der Waals surface area (Å²) >= 11 is 0. The molecule has 1 aromatic heterocycles.